The van der Waals surface area contributed by atoms with E-state index in [9.17, 15) is 0 Å². The maximum Gasteiger partial charge on any atom is 0.137 e. The monoisotopic (exact) mass is 418 g/mol. The van der Waals surface area contributed by atoms with E-state index in [0.717, 1.165) is 33.3 Å². The number of thiazole rings is 1. The first-order valence-corrected chi connectivity index (χ1v) is 8.70. The van der Waals surface area contributed by atoms with Gasteiger partial charge in [0.05, 0.1) is 16.6 Å². The van der Waals surface area contributed by atoms with Crippen molar-refractivity contribution in [3.63, 3.8) is 0 Å². The molecular weight excluding hydrogens is 404 g/mol. The van der Waals surface area contributed by atoms with E-state index in [1.165, 1.54) is 5.01 Å². The van der Waals surface area contributed by atoms with Crippen LogP contribution < -0.4 is 10.1 Å². The Morgan fingerprint density at radius 1 is 1.40 bits per heavy atom. The maximum absolute atomic E-state index is 5.44. The lowest BCUT2D eigenvalue weighted by molar-refractivity contribution is 0.404. The molecule has 0 bridgehead atoms. The summed E-state index contributed by atoms with van der Waals surface area (Å²) in [4.78, 5) is 4.34. The van der Waals surface area contributed by atoms with Crippen LogP contribution >= 0.6 is 43.2 Å². The van der Waals surface area contributed by atoms with Crippen LogP contribution in [0.5, 0.6) is 5.75 Å². The number of hydrogen-bond donors (Lipinski definition) is 1. The van der Waals surface area contributed by atoms with Gasteiger partial charge in [0.25, 0.3) is 0 Å². The molecule has 1 atom stereocenters. The van der Waals surface area contributed by atoms with Crippen LogP contribution in [0.15, 0.2) is 32.7 Å². The van der Waals surface area contributed by atoms with Crippen molar-refractivity contribution in [3.8, 4) is 5.75 Å². The lowest BCUT2D eigenvalue weighted by Gasteiger charge is -2.14. The highest BCUT2D eigenvalue weighted by atomic mass is 79.9. The van der Waals surface area contributed by atoms with Gasteiger partial charge >= 0.3 is 0 Å². The quantitative estimate of drug-likeness (QED) is 0.744. The molecule has 3 nitrogen and oxygen atoms in total. The van der Waals surface area contributed by atoms with Gasteiger partial charge < -0.3 is 10.1 Å². The van der Waals surface area contributed by atoms with E-state index < -0.39 is 0 Å². The zero-order chi connectivity index (χ0) is 14.5. The Balaban J connectivity index is 1.97. The summed E-state index contributed by atoms with van der Waals surface area (Å²) in [6.07, 6.45) is 1.85. The molecule has 1 unspecified atom stereocenters. The fraction of sp³-hybridized carbons (Fsp3) is 0.357. The molecule has 2 rings (SSSR count). The third-order valence-corrected chi connectivity index (χ3v) is 4.98. The van der Waals surface area contributed by atoms with Crippen molar-refractivity contribution >= 4 is 43.2 Å². The zero-order valence-corrected chi connectivity index (χ0v) is 15.3. The van der Waals surface area contributed by atoms with Crippen LogP contribution in [0, 0.1) is 0 Å². The highest BCUT2D eigenvalue weighted by molar-refractivity contribution is 9.11. The molecule has 0 spiro atoms. The van der Waals surface area contributed by atoms with Gasteiger partial charge in [-0.1, -0.05) is 22.9 Å². The van der Waals surface area contributed by atoms with E-state index in [1.807, 2.05) is 17.6 Å². The van der Waals surface area contributed by atoms with Gasteiger partial charge in [0.1, 0.15) is 5.75 Å². The Morgan fingerprint density at radius 3 is 2.85 bits per heavy atom. The van der Waals surface area contributed by atoms with Crippen LogP contribution in [0.1, 0.15) is 23.4 Å². The van der Waals surface area contributed by atoms with Crippen molar-refractivity contribution in [3.05, 3.63) is 43.2 Å². The van der Waals surface area contributed by atoms with Gasteiger partial charge in [-0.2, -0.15) is 0 Å². The van der Waals surface area contributed by atoms with Gasteiger partial charge in [-0.05, 0) is 28.1 Å². The second-order valence-electron chi connectivity index (χ2n) is 4.48. The third kappa shape index (κ3) is 4.04. The summed E-state index contributed by atoms with van der Waals surface area (Å²) in [5, 5.41) is 6.64. The first kappa shape index (κ1) is 15.9. The highest BCUT2D eigenvalue weighted by Crippen LogP contribution is 2.32. The van der Waals surface area contributed by atoms with Crippen LogP contribution in [-0.4, -0.2) is 18.6 Å². The molecule has 0 saturated heterocycles. The van der Waals surface area contributed by atoms with Crippen LogP contribution in [0.25, 0.3) is 0 Å². The van der Waals surface area contributed by atoms with Crippen LogP contribution in [0.2, 0.25) is 0 Å². The first-order chi connectivity index (χ1) is 9.61. The maximum atomic E-state index is 5.44. The highest BCUT2D eigenvalue weighted by Gasteiger charge is 2.11. The minimum atomic E-state index is 0.414. The Kier molecular flexibility index (Phi) is 6.01. The van der Waals surface area contributed by atoms with Crippen molar-refractivity contribution in [1.82, 2.24) is 10.3 Å². The van der Waals surface area contributed by atoms with E-state index in [1.54, 1.807) is 18.4 Å². The fourth-order valence-electron chi connectivity index (χ4n) is 1.96. The molecule has 108 valence electrons. The third-order valence-electron chi connectivity index (χ3n) is 2.93. The largest absolute Gasteiger partial charge is 0.495 e. The number of nitrogens with zero attached hydrogens (tertiary/aromatic N) is 1. The molecule has 20 heavy (non-hydrogen) atoms. The number of methoxy groups -OCH3 is 1. The summed E-state index contributed by atoms with van der Waals surface area (Å²) in [6.45, 7) is 3.83. The van der Waals surface area contributed by atoms with Crippen molar-refractivity contribution in [2.24, 2.45) is 0 Å². The van der Waals surface area contributed by atoms with Gasteiger partial charge in [0.15, 0.2) is 0 Å². The smallest absolute Gasteiger partial charge is 0.137 e. The van der Waals surface area contributed by atoms with E-state index in [4.69, 9.17) is 4.74 Å². The molecule has 0 saturated carbocycles. The van der Waals surface area contributed by atoms with E-state index in [2.05, 4.69) is 55.2 Å². The Hall–Kier alpha value is -0.430. The van der Waals surface area contributed by atoms with E-state index >= 15 is 0 Å². The minimum Gasteiger partial charge on any atom is -0.495 e. The molecule has 2 aromatic rings. The van der Waals surface area contributed by atoms with Gasteiger partial charge in [-0.25, -0.2) is 4.98 Å². The molecule has 0 aliphatic rings. The molecule has 0 amide bonds. The molecule has 0 fully saturated rings. The Bertz CT molecular complexity index is 561. The van der Waals surface area contributed by atoms with Crippen molar-refractivity contribution < 1.29 is 4.74 Å². The summed E-state index contributed by atoms with van der Waals surface area (Å²) in [5.74, 6) is 1.29. The molecule has 0 aliphatic carbocycles. The van der Waals surface area contributed by atoms with Crippen LogP contribution in [-0.2, 0) is 6.54 Å². The fourth-order valence-corrected chi connectivity index (χ4v) is 4.14. The minimum absolute atomic E-state index is 0.414. The summed E-state index contributed by atoms with van der Waals surface area (Å²) in [6, 6.07) is 4.06. The molecule has 1 heterocycles. The summed E-state index contributed by atoms with van der Waals surface area (Å²) >= 11 is 8.73. The summed E-state index contributed by atoms with van der Waals surface area (Å²) < 4.78 is 7.44. The number of halogens is 2. The van der Waals surface area contributed by atoms with Gasteiger partial charge in [-0.15, -0.1) is 11.3 Å². The normalized spacial score (nSPS) is 12.4. The SMILES string of the molecule is COc1c(Br)cc(Br)cc1CNCC(C)c1nccs1. The number of aromatic nitrogens is 1. The van der Waals surface area contributed by atoms with E-state index in [-0.39, 0.29) is 0 Å². The predicted molar refractivity (Wildman–Crippen MR) is 90.6 cm³/mol. The first-order valence-electron chi connectivity index (χ1n) is 6.23. The number of rotatable bonds is 6. The molecule has 1 aromatic heterocycles. The molecule has 0 radical (unpaired) electrons. The lowest BCUT2D eigenvalue weighted by atomic mass is 10.1. The van der Waals surface area contributed by atoms with Crippen molar-refractivity contribution in [2.45, 2.75) is 19.4 Å². The molecule has 1 aromatic carbocycles. The van der Waals surface area contributed by atoms with Gasteiger partial charge in [-0.3, -0.25) is 0 Å². The number of hydrogen-bond acceptors (Lipinski definition) is 4. The van der Waals surface area contributed by atoms with Crippen molar-refractivity contribution in [1.29, 1.82) is 0 Å². The average molecular weight is 420 g/mol. The number of benzene rings is 1. The topological polar surface area (TPSA) is 34.1 Å². The van der Waals surface area contributed by atoms with Crippen LogP contribution in [0.4, 0.5) is 0 Å². The number of nitrogens with one attached hydrogen (secondary N) is 1. The van der Waals surface area contributed by atoms with Crippen LogP contribution in [0.3, 0.4) is 0 Å². The van der Waals surface area contributed by atoms with Crippen molar-refractivity contribution in [2.75, 3.05) is 13.7 Å². The molecular formula is C14H16Br2N2OS. The molecule has 1 N–H and O–H groups in total. The van der Waals surface area contributed by atoms with E-state index in [0.29, 0.717) is 5.92 Å². The van der Waals surface area contributed by atoms with Gasteiger partial charge in [0.2, 0.25) is 0 Å². The second kappa shape index (κ2) is 7.54. The Labute approximate surface area is 140 Å². The second-order valence-corrected chi connectivity index (χ2v) is 7.18. The summed E-state index contributed by atoms with van der Waals surface area (Å²) in [5.41, 5.74) is 1.13. The summed E-state index contributed by atoms with van der Waals surface area (Å²) in [7, 11) is 1.69. The Morgan fingerprint density at radius 2 is 2.20 bits per heavy atom. The predicted octanol–water partition coefficient (Wildman–Crippen LogP) is 4.57. The average Bonchev–Trinajstić information content (AvgIpc) is 2.92. The molecule has 6 heteroatoms. The molecule has 0 aliphatic heterocycles. The standard InChI is InChI=1S/C14H16Br2N2OS/c1-9(14-18-3-4-20-14)7-17-8-10-5-11(15)6-12(16)13(10)19-2/h3-6,9,17H,7-8H2,1-2H3. The lowest BCUT2D eigenvalue weighted by Crippen LogP contribution is -2.20. The van der Waals surface area contributed by atoms with Gasteiger partial charge in [0, 0.05) is 40.6 Å². The number of ether oxygens (including phenoxy) is 1. The zero-order valence-electron chi connectivity index (χ0n) is 11.3.